The van der Waals surface area contributed by atoms with E-state index in [1.165, 1.54) is 13.3 Å². The molecule has 1 amide bonds. The third kappa shape index (κ3) is 3.30. The summed E-state index contributed by atoms with van der Waals surface area (Å²) in [4.78, 5) is 30.2. The Morgan fingerprint density at radius 1 is 1.31 bits per heavy atom. The van der Waals surface area contributed by atoms with Crippen LogP contribution in [0.1, 0.15) is 23.2 Å². The lowest BCUT2D eigenvalue weighted by molar-refractivity contribution is 0.0525. The average Bonchev–Trinajstić information content (AvgIpc) is 3.15. The summed E-state index contributed by atoms with van der Waals surface area (Å²) in [6.45, 7) is 1.22. The van der Waals surface area contributed by atoms with Crippen molar-refractivity contribution in [1.82, 2.24) is 24.8 Å². The van der Waals surface area contributed by atoms with Gasteiger partial charge in [0.25, 0.3) is 5.91 Å². The van der Waals surface area contributed by atoms with E-state index in [4.69, 9.17) is 9.47 Å². The van der Waals surface area contributed by atoms with Crippen LogP contribution in [0, 0.1) is 0 Å². The highest BCUT2D eigenvalue weighted by atomic mass is 16.5. The number of hydrogen-bond donors (Lipinski definition) is 1. The maximum atomic E-state index is 12.9. The lowest BCUT2D eigenvalue weighted by Gasteiger charge is -2.32. The van der Waals surface area contributed by atoms with Crippen LogP contribution in [0.4, 0.5) is 0 Å². The third-order valence-corrected chi connectivity index (χ3v) is 4.42. The summed E-state index contributed by atoms with van der Waals surface area (Å²) in [7, 11) is 1.53. The van der Waals surface area contributed by atoms with Crippen LogP contribution in [-0.4, -0.2) is 57.0 Å². The molecule has 4 rings (SSSR count). The Hall–Kier alpha value is -3.16. The lowest BCUT2D eigenvalue weighted by Crippen LogP contribution is -2.44. The zero-order chi connectivity index (χ0) is 17.9. The number of ether oxygens (including phenoxy) is 2. The smallest absolute Gasteiger partial charge is 0.254 e. The fourth-order valence-corrected chi connectivity index (χ4v) is 3.13. The number of nitrogens with zero attached hydrogens (tertiary/aromatic N) is 4. The Bertz CT molecular complexity index is 926. The SMILES string of the molecule is COc1cncc(OC2CCCN(C(=O)c3ccc4nc[nH]c4c3)C2)n1. The molecule has 1 saturated heterocycles. The highest BCUT2D eigenvalue weighted by Crippen LogP contribution is 2.20. The van der Waals surface area contributed by atoms with E-state index >= 15 is 0 Å². The van der Waals surface area contributed by atoms with Gasteiger partial charge in [0.05, 0.1) is 43.4 Å². The highest BCUT2D eigenvalue weighted by molar-refractivity contribution is 5.97. The Labute approximate surface area is 150 Å². The predicted molar refractivity (Wildman–Crippen MR) is 94.2 cm³/mol. The molecule has 1 aromatic carbocycles. The third-order valence-electron chi connectivity index (χ3n) is 4.42. The first-order valence-electron chi connectivity index (χ1n) is 8.48. The van der Waals surface area contributed by atoms with Gasteiger partial charge in [-0.15, -0.1) is 0 Å². The summed E-state index contributed by atoms with van der Waals surface area (Å²) < 4.78 is 11.0. The molecule has 1 fully saturated rings. The van der Waals surface area contributed by atoms with Gasteiger partial charge >= 0.3 is 0 Å². The molecule has 1 atom stereocenters. The Morgan fingerprint density at radius 3 is 3.08 bits per heavy atom. The van der Waals surface area contributed by atoms with Gasteiger partial charge in [-0.1, -0.05) is 0 Å². The predicted octanol–water partition coefficient (Wildman–Crippen LogP) is 2.05. The number of hydrogen-bond acceptors (Lipinski definition) is 6. The monoisotopic (exact) mass is 353 g/mol. The van der Waals surface area contributed by atoms with Gasteiger partial charge < -0.3 is 19.4 Å². The lowest BCUT2D eigenvalue weighted by atomic mass is 10.1. The number of nitrogens with one attached hydrogen (secondary N) is 1. The zero-order valence-corrected chi connectivity index (χ0v) is 14.4. The van der Waals surface area contributed by atoms with Crippen molar-refractivity contribution in [3.05, 3.63) is 42.5 Å². The van der Waals surface area contributed by atoms with Gasteiger partial charge in [0, 0.05) is 12.1 Å². The minimum Gasteiger partial charge on any atom is -0.480 e. The van der Waals surface area contributed by atoms with Crippen LogP contribution in [0.3, 0.4) is 0 Å². The van der Waals surface area contributed by atoms with Crippen molar-refractivity contribution in [1.29, 1.82) is 0 Å². The summed E-state index contributed by atoms with van der Waals surface area (Å²) in [5, 5.41) is 0. The number of carbonyl (C=O) groups is 1. The number of imidazole rings is 1. The number of rotatable bonds is 4. The van der Waals surface area contributed by atoms with Crippen LogP contribution in [0.25, 0.3) is 11.0 Å². The summed E-state index contributed by atoms with van der Waals surface area (Å²) in [5.41, 5.74) is 2.34. The molecule has 26 heavy (non-hydrogen) atoms. The Kier molecular flexibility index (Phi) is 4.39. The molecule has 3 aromatic rings. The van der Waals surface area contributed by atoms with Crippen LogP contribution >= 0.6 is 0 Å². The molecule has 0 spiro atoms. The van der Waals surface area contributed by atoms with Crippen molar-refractivity contribution < 1.29 is 14.3 Å². The Balaban J connectivity index is 1.46. The second kappa shape index (κ2) is 6.99. The standard InChI is InChI=1S/C18H19N5O3/c1-25-16-8-19-9-17(22-16)26-13-3-2-6-23(10-13)18(24)12-4-5-14-15(7-12)21-11-20-14/h4-5,7-9,11,13H,2-3,6,10H2,1H3,(H,20,21). The van der Waals surface area contributed by atoms with E-state index in [-0.39, 0.29) is 12.0 Å². The number of carbonyl (C=O) groups excluding carboxylic acids is 1. The van der Waals surface area contributed by atoms with Gasteiger partial charge in [-0.05, 0) is 31.0 Å². The first kappa shape index (κ1) is 16.3. The molecule has 134 valence electrons. The van der Waals surface area contributed by atoms with Crippen molar-refractivity contribution in [3.8, 4) is 11.8 Å². The summed E-state index contributed by atoms with van der Waals surface area (Å²) in [6.07, 6.45) is 6.32. The molecule has 8 nitrogen and oxygen atoms in total. The number of H-pyrrole nitrogens is 1. The normalized spacial score (nSPS) is 17.3. The second-order valence-corrected chi connectivity index (χ2v) is 6.17. The fraction of sp³-hybridized carbons (Fsp3) is 0.333. The quantitative estimate of drug-likeness (QED) is 0.771. The van der Waals surface area contributed by atoms with Gasteiger partial charge in [0.2, 0.25) is 11.8 Å². The van der Waals surface area contributed by atoms with Gasteiger partial charge in [-0.3, -0.25) is 9.78 Å². The van der Waals surface area contributed by atoms with Crippen molar-refractivity contribution in [2.24, 2.45) is 0 Å². The van der Waals surface area contributed by atoms with E-state index in [0.717, 1.165) is 23.9 Å². The molecule has 2 aromatic heterocycles. The number of aromatic nitrogens is 4. The maximum absolute atomic E-state index is 12.9. The molecule has 3 heterocycles. The number of likely N-dealkylation sites (tertiary alicyclic amines) is 1. The number of amides is 1. The minimum atomic E-state index is -0.120. The number of aromatic amines is 1. The van der Waals surface area contributed by atoms with Crippen molar-refractivity contribution in [2.75, 3.05) is 20.2 Å². The van der Waals surface area contributed by atoms with E-state index in [0.29, 0.717) is 30.4 Å². The maximum Gasteiger partial charge on any atom is 0.254 e. The first-order valence-corrected chi connectivity index (χ1v) is 8.48. The molecule has 1 N–H and O–H groups in total. The molecule has 8 heteroatoms. The van der Waals surface area contributed by atoms with Crippen molar-refractivity contribution >= 4 is 16.9 Å². The molecule has 0 saturated carbocycles. The first-order chi connectivity index (χ1) is 12.7. The topological polar surface area (TPSA) is 93.2 Å². The molecule has 1 aliphatic rings. The summed E-state index contributed by atoms with van der Waals surface area (Å²) >= 11 is 0. The van der Waals surface area contributed by atoms with Gasteiger partial charge in [0.15, 0.2) is 0 Å². The van der Waals surface area contributed by atoms with Crippen LogP contribution in [0.2, 0.25) is 0 Å². The Morgan fingerprint density at radius 2 is 2.19 bits per heavy atom. The number of benzene rings is 1. The van der Waals surface area contributed by atoms with Crippen LogP contribution in [-0.2, 0) is 0 Å². The average molecular weight is 353 g/mol. The molecular weight excluding hydrogens is 334 g/mol. The number of piperidine rings is 1. The zero-order valence-electron chi connectivity index (χ0n) is 14.4. The molecule has 0 aliphatic carbocycles. The van der Waals surface area contributed by atoms with Crippen LogP contribution < -0.4 is 9.47 Å². The van der Waals surface area contributed by atoms with E-state index in [1.54, 1.807) is 12.5 Å². The van der Waals surface area contributed by atoms with Crippen LogP contribution in [0.15, 0.2) is 36.9 Å². The van der Waals surface area contributed by atoms with E-state index < -0.39 is 0 Å². The fourth-order valence-electron chi connectivity index (χ4n) is 3.13. The van der Waals surface area contributed by atoms with E-state index in [1.807, 2.05) is 23.1 Å². The van der Waals surface area contributed by atoms with Crippen LogP contribution in [0.5, 0.6) is 11.8 Å². The largest absolute Gasteiger partial charge is 0.480 e. The number of fused-ring (bicyclic) bond motifs is 1. The van der Waals surface area contributed by atoms with E-state index in [9.17, 15) is 4.79 Å². The minimum absolute atomic E-state index is 0.00785. The van der Waals surface area contributed by atoms with Crippen molar-refractivity contribution in [2.45, 2.75) is 18.9 Å². The molecule has 1 unspecified atom stereocenters. The molecule has 1 aliphatic heterocycles. The highest BCUT2D eigenvalue weighted by Gasteiger charge is 2.26. The number of methoxy groups -OCH3 is 1. The molecule has 0 bridgehead atoms. The van der Waals surface area contributed by atoms with Gasteiger partial charge in [-0.25, -0.2) is 4.98 Å². The van der Waals surface area contributed by atoms with Gasteiger partial charge in [0.1, 0.15) is 6.10 Å². The second-order valence-electron chi connectivity index (χ2n) is 6.17. The van der Waals surface area contributed by atoms with Gasteiger partial charge in [-0.2, -0.15) is 4.98 Å². The molecule has 0 radical (unpaired) electrons. The molecular formula is C18H19N5O3. The van der Waals surface area contributed by atoms with Crippen molar-refractivity contribution in [3.63, 3.8) is 0 Å². The summed E-state index contributed by atoms with van der Waals surface area (Å²) in [5.74, 6) is 0.799. The summed E-state index contributed by atoms with van der Waals surface area (Å²) in [6, 6.07) is 5.50. The van der Waals surface area contributed by atoms with E-state index in [2.05, 4.69) is 19.9 Å².